The SMILES string of the molecule is COC1=COC(OC)(C(=O)Pc2ccccc2)C1. The van der Waals surface area contributed by atoms with Gasteiger partial charge < -0.3 is 14.2 Å². The van der Waals surface area contributed by atoms with Gasteiger partial charge in [-0.3, -0.25) is 4.79 Å². The lowest BCUT2D eigenvalue weighted by Gasteiger charge is -2.24. The molecule has 2 unspecified atom stereocenters. The van der Waals surface area contributed by atoms with Crippen molar-refractivity contribution >= 4 is 19.4 Å². The van der Waals surface area contributed by atoms with Crippen LogP contribution in [0.3, 0.4) is 0 Å². The van der Waals surface area contributed by atoms with Crippen LogP contribution in [0.4, 0.5) is 0 Å². The van der Waals surface area contributed by atoms with E-state index in [9.17, 15) is 4.79 Å². The van der Waals surface area contributed by atoms with Crippen LogP contribution in [0, 0.1) is 0 Å². The number of hydrogen-bond donors (Lipinski definition) is 0. The third-order valence-corrected chi connectivity index (χ3v) is 3.99. The van der Waals surface area contributed by atoms with E-state index in [1.54, 1.807) is 7.11 Å². The number of ether oxygens (including phenoxy) is 3. The molecule has 5 heteroatoms. The smallest absolute Gasteiger partial charge is 0.281 e. The Balaban J connectivity index is 2.08. The number of methoxy groups -OCH3 is 2. The van der Waals surface area contributed by atoms with Crippen molar-refractivity contribution in [3.8, 4) is 0 Å². The van der Waals surface area contributed by atoms with Crippen LogP contribution in [0.25, 0.3) is 0 Å². The highest BCUT2D eigenvalue weighted by Gasteiger charge is 2.45. The summed E-state index contributed by atoms with van der Waals surface area (Å²) in [7, 11) is 3.02. The predicted octanol–water partition coefficient (Wildman–Crippen LogP) is 1.77. The summed E-state index contributed by atoms with van der Waals surface area (Å²) in [5.74, 6) is -0.609. The number of carbonyl (C=O) groups excluding carboxylic acids is 1. The molecule has 0 aliphatic carbocycles. The molecule has 0 saturated carbocycles. The van der Waals surface area contributed by atoms with Crippen LogP contribution in [0.15, 0.2) is 42.4 Å². The van der Waals surface area contributed by atoms with Crippen molar-refractivity contribution in [1.82, 2.24) is 0 Å². The molecule has 1 aromatic rings. The lowest BCUT2D eigenvalue weighted by atomic mass is 10.2. The van der Waals surface area contributed by atoms with Gasteiger partial charge in [0.2, 0.25) is 5.52 Å². The maximum atomic E-state index is 12.3. The first kappa shape index (κ1) is 13.1. The van der Waals surface area contributed by atoms with Gasteiger partial charge >= 0.3 is 0 Å². The van der Waals surface area contributed by atoms with Crippen molar-refractivity contribution in [2.45, 2.75) is 12.2 Å². The van der Waals surface area contributed by atoms with E-state index in [0.717, 1.165) is 5.30 Å². The van der Waals surface area contributed by atoms with E-state index in [4.69, 9.17) is 14.2 Å². The van der Waals surface area contributed by atoms with E-state index in [1.165, 1.54) is 13.4 Å². The summed E-state index contributed by atoms with van der Waals surface area (Å²) in [6.45, 7) is 0. The first-order valence-corrected chi connectivity index (χ1v) is 6.53. The van der Waals surface area contributed by atoms with Crippen molar-refractivity contribution in [3.05, 3.63) is 42.4 Å². The molecule has 0 aromatic heterocycles. The molecule has 0 N–H and O–H groups in total. The van der Waals surface area contributed by atoms with Crippen LogP contribution in [-0.4, -0.2) is 25.5 Å². The number of carbonyl (C=O) groups is 1. The van der Waals surface area contributed by atoms with Gasteiger partial charge in [0.15, 0.2) is 0 Å². The van der Waals surface area contributed by atoms with E-state index in [2.05, 4.69) is 0 Å². The average Bonchev–Trinajstić information content (AvgIpc) is 2.85. The molecular weight excluding hydrogens is 251 g/mol. The van der Waals surface area contributed by atoms with Gasteiger partial charge in [0.1, 0.15) is 12.0 Å². The zero-order valence-electron chi connectivity index (χ0n) is 10.3. The molecule has 1 heterocycles. The van der Waals surface area contributed by atoms with Crippen molar-refractivity contribution in [1.29, 1.82) is 0 Å². The Kier molecular flexibility index (Phi) is 4.00. The normalized spacial score (nSPS) is 22.9. The summed E-state index contributed by atoms with van der Waals surface area (Å²) in [4.78, 5) is 12.3. The molecular formula is C13H15O4P. The summed E-state index contributed by atoms with van der Waals surface area (Å²) in [5, 5.41) is 0.966. The van der Waals surface area contributed by atoms with Crippen LogP contribution in [0.2, 0.25) is 0 Å². The van der Waals surface area contributed by atoms with Crippen LogP contribution < -0.4 is 5.30 Å². The van der Waals surface area contributed by atoms with Crippen molar-refractivity contribution < 1.29 is 19.0 Å². The molecule has 0 bridgehead atoms. The van der Waals surface area contributed by atoms with Gasteiger partial charge in [-0.05, 0) is 13.9 Å². The average molecular weight is 266 g/mol. The summed E-state index contributed by atoms with van der Waals surface area (Å²) >= 11 is 0. The Morgan fingerprint density at radius 1 is 1.33 bits per heavy atom. The Labute approximate surface area is 108 Å². The van der Waals surface area contributed by atoms with Crippen LogP contribution >= 0.6 is 8.58 Å². The fourth-order valence-corrected chi connectivity index (χ4v) is 2.75. The minimum Gasteiger partial charge on any atom is -0.498 e. The lowest BCUT2D eigenvalue weighted by molar-refractivity contribution is -0.181. The van der Waals surface area contributed by atoms with E-state index < -0.39 is 5.79 Å². The fraction of sp³-hybridized carbons (Fsp3) is 0.308. The predicted molar refractivity (Wildman–Crippen MR) is 69.9 cm³/mol. The van der Waals surface area contributed by atoms with Crippen molar-refractivity contribution in [3.63, 3.8) is 0 Å². The molecule has 96 valence electrons. The van der Waals surface area contributed by atoms with Gasteiger partial charge in [-0.15, -0.1) is 0 Å². The molecule has 1 aliphatic heterocycles. The molecule has 1 aromatic carbocycles. The van der Waals surface area contributed by atoms with Crippen LogP contribution in [0.1, 0.15) is 6.42 Å². The molecule has 0 amide bonds. The molecule has 1 aliphatic rings. The van der Waals surface area contributed by atoms with E-state index in [0.29, 0.717) is 12.2 Å². The minimum absolute atomic E-state index is 0.00339. The maximum absolute atomic E-state index is 12.3. The molecule has 18 heavy (non-hydrogen) atoms. The molecule has 0 fully saturated rings. The molecule has 4 nitrogen and oxygen atoms in total. The Bertz CT molecular complexity index is 457. The summed E-state index contributed by atoms with van der Waals surface area (Å²) < 4.78 is 15.7. The third kappa shape index (κ3) is 2.55. The second-order valence-corrected chi connectivity index (χ2v) is 5.14. The zero-order valence-corrected chi connectivity index (χ0v) is 11.3. The van der Waals surface area contributed by atoms with Crippen LogP contribution in [0.5, 0.6) is 0 Å². The monoisotopic (exact) mass is 266 g/mol. The topological polar surface area (TPSA) is 44.8 Å². The van der Waals surface area contributed by atoms with Gasteiger partial charge in [0, 0.05) is 7.11 Å². The highest BCUT2D eigenvalue weighted by molar-refractivity contribution is 7.65. The van der Waals surface area contributed by atoms with Gasteiger partial charge in [0.05, 0.1) is 13.5 Å². The quantitative estimate of drug-likeness (QED) is 0.762. The van der Waals surface area contributed by atoms with Crippen molar-refractivity contribution in [2.24, 2.45) is 0 Å². The Morgan fingerprint density at radius 2 is 2.06 bits per heavy atom. The molecule has 0 radical (unpaired) electrons. The molecule has 0 spiro atoms. The highest BCUT2D eigenvalue weighted by atomic mass is 31.1. The Morgan fingerprint density at radius 3 is 2.61 bits per heavy atom. The molecule has 2 rings (SSSR count). The van der Waals surface area contributed by atoms with Crippen LogP contribution in [-0.2, 0) is 19.0 Å². The Hall–Kier alpha value is -1.38. The summed E-state index contributed by atoms with van der Waals surface area (Å²) in [5.41, 5.74) is -0.0838. The largest absolute Gasteiger partial charge is 0.498 e. The maximum Gasteiger partial charge on any atom is 0.281 e. The van der Waals surface area contributed by atoms with E-state index >= 15 is 0 Å². The van der Waals surface area contributed by atoms with E-state index in [-0.39, 0.29) is 14.1 Å². The first-order chi connectivity index (χ1) is 8.70. The van der Waals surface area contributed by atoms with Crippen molar-refractivity contribution in [2.75, 3.05) is 14.2 Å². The first-order valence-electron chi connectivity index (χ1n) is 5.53. The zero-order chi connectivity index (χ0) is 13.0. The standard InChI is InChI=1S/C13H15O4P/c1-15-10-8-13(16-2,17-9-10)12(14)18-11-6-4-3-5-7-11/h3-7,9,18H,8H2,1-2H3. The van der Waals surface area contributed by atoms with Gasteiger partial charge in [-0.2, -0.15) is 0 Å². The number of benzene rings is 1. The number of rotatable bonds is 5. The third-order valence-electron chi connectivity index (χ3n) is 2.76. The lowest BCUT2D eigenvalue weighted by Crippen LogP contribution is -2.38. The second kappa shape index (κ2) is 5.51. The second-order valence-electron chi connectivity index (χ2n) is 3.86. The molecule has 2 atom stereocenters. The fourth-order valence-electron chi connectivity index (χ4n) is 1.69. The minimum atomic E-state index is -1.22. The molecule has 0 saturated heterocycles. The van der Waals surface area contributed by atoms with Gasteiger partial charge in [0.25, 0.3) is 5.79 Å². The van der Waals surface area contributed by atoms with Gasteiger partial charge in [-0.1, -0.05) is 30.3 Å². The van der Waals surface area contributed by atoms with Gasteiger partial charge in [-0.25, -0.2) is 0 Å². The summed E-state index contributed by atoms with van der Waals surface area (Å²) in [6.07, 6.45) is 1.76. The van der Waals surface area contributed by atoms with E-state index in [1.807, 2.05) is 30.3 Å². The summed E-state index contributed by atoms with van der Waals surface area (Å²) in [6, 6.07) is 9.56. The highest BCUT2D eigenvalue weighted by Crippen LogP contribution is 2.35. The number of hydrogen-bond acceptors (Lipinski definition) is 4.